The van der Waals surface area contributed by atoms with Crippen LogP contribution in [0.5, 0.6) is 11.5 Å². The fraction of sp³-hybridized carbons (Fsp3) is 0.364. The molecule has 0 radical (unpaired) electrons. The van der Waals surface area contributed by atoms with E-state index in [0.29, 0.717) is 11.4 Å². The van der Waals surface area contributed by atoms with Crippen LogP contribution in [0.4, 0.5) is 5.69 Å². The minimum atomic E-state index is -0.355. The zero-order valence-corrected chi connectivity index (χ0v) is 18.0. The predicted molar refractivity (Wildman–Crippen MR) is 114 cm³/mol. The van der Waals surface area contributed by atoms with Crippen molar-refractivity contribution < 1.29 is 19.1 Å². The second-order valence-electron chi connectivity index (χ2n) is 6.52. The van der Waals surface area contributed by atoms with Crippen LogP contribution in [0.3, 0.4) is 0 Å². The molecule has 0 unspecified atom stereocenters. The minimum Gasteiger partial charge on any atom is -0.497 e. The van der Waals surface area contributed by atoms with Crippen LogP contribution in [-0.2, 0) is 4.79 Å². The van der Waals surface area contributed by atoms with Crippen molar-refractivity contribution >= 4 is 33.5 Å². The van der Waals surface area contributed by atoms with Crippen LogP contribution >= 0.6 is 15.9 Å². The van der Waals surface area contributed by atoms with Gasteiger partial charge in [-0.15, -0.1) is 0 Å². The fourth-order valence-corrected chi connectivity index (χ4v) is 3.33. The standard InChI is InChI=1S/C22H26BrNO4/c1-4-7-15(8-5-2)22(26)28-20-14-18(27-3)11-12-19(20)21(25)24-17-10-6-9-16(23)13-17/h6,9-15H,4-5,7-8H2,1-3H3,(H,24,25). The van der Waals surface area contributed by atoms with Gasteiger partial charge in [-0.05, 0) is 43.2 Å². The molecule has 0 aliphatic heterocycles. The number of hydrogen-bond acceptors (Lipinski definition) is 4. The molecular weight excluding hydrogens is 422 g/mol. The minimum absolute atomic E-state index is 0.179. The zero-order chi connectivity index (χ0) is 20.5. The number of esters is 1. The fourth-order valence-electron chi connectivity index (χ4n) is 2.93. The van der Waals surface area contributed by atoms with Crippen LogP contribution in [0, 0.1) is 5.92 Å². The summed E-state index contributed by atoms with van der Waals surface area (Å²) in [4.78, 5) is 25.5. The average molecular weight is 448 g/mol. The van der Waals surface area contributed by atoms with E-state index in [-0.39, 0.29) is 29.1 Å². The largest absolute Gasteiger partial charge is 0.497 e. The van der Waals surface area contributed by atoms with Gasteiger partial charge in [-0.25, -0.2) is 0 Å². The Balaban J connectivity index is 2.27. The smallest absolute Gasteiger partial charge is 0.314 e. The van der Waals surface area contributed by atoms with Crippen molar-refractivity contribution in [3.8, 4) is 11.5 Å². The number of benzene rings is 2. The van der Waals surface area contributed by atoms with Gasteiger partial charge in [0.25, 0.3) is 5.91 Å². The summed E-state index contributed by atoms with van der Waals surface area (Å²) in [6.07, 6.45) is 3.31. The Kier molecular flexibility index (Phi) is 8.51. The topological polar surface area (TPSA) is 64.6 Å². The van der Waals surface area contributed by atoms with Crippen LogP contribution in [0.1, 0.15) is 49.9 Å². The van der Waals surface area contributed by atoms with E-state index in [2.05, 4.69) is 21.2 Å². The number of hydrogen-bond donors (Lipinski definition) is 1. The summed E-state index contributed by atoms with van der Waals surface area (Å²) in [5.41, 5.74) is 0.920. The molecule has 0 aliphatic carbocycles. The maximum Gasteiger partial charge on any atom is 0.314 e. The number of carbonyl (C=O) groups excluding carboxylic acids is 2. The van der Waals surface area contributed by atoms with Crippen molar-refractivity contribution in [1.29, 1.82) is 0 Å². The van der Waals surface area contributed by atoms with Crippen molar-refractivity contribution in [2.24, 2.45) is 5.92 Å². The quantitative estimate of drug-likeness (QED) is 0.387. The second kappa shape index (κ2) is 10.9. The number of rotatable bonds is 9. The molecule has 1 N–H and O–H groups in total. The van der Waals surface area contributed by atoms with Gasteiger partial charge in [0.2, 0.25) is 0 Å². The summed E-state index contributed by atoms with van der Waals surface area (Å²) in [5, 5.41) is 2.83. The van der Waals surface area contributed by atoms with E-state index in [9.17, 15) is 9.59 Å². The summed E-state index contributed by atoms with van der Waals surface area (Å²) in [5.74, 6) is -0.125. The van der Waals surface area contributed by atoms with Crippen molar-refractivity contribution in [2.75, 3.05) is 12.4 Å². The first-order chi connectivity index (χ1) is 13.5. The third-order valence-electron chi connectivity index (χ3n) is 4.33. The lowest BCUT2D eigenvalue weighted by molar-refractivity contribution is -0.139. The predicted octanol–water partition coefficient (Wildman–Crippen LogP) is 5.83. The zero-order valence-electron chi connectivity index (χ0n) is 16.5. The Morgan fingerprint density at radius 3 is 2.39 bits per heavy atom. The van der Waals surface area contributed by atoms with Gasteiger partial charge in [0.1, 0.15) is 11.5 Å². The van der Waals surface area contributed by atoms with Gasteiger partial charge in [-0.2, -0.15) is 0 Å². The van der Waals surface area contributed by atoms with Gasteiger partial charge >= 0.3 is 5.97 Å². The molecule has 0 atom stereocenters. The molecule has 0 bridgehead atoms. The van der Waals surface area contributed by atoms with Crippen LogP contribution in [0.2, 0.25) is 0 Å². The van der Waals surface area contributed by atoms with Crippen LogP contribution in [-0.4, -0.2) is 19.0 Å². The second-order valence-corrected chi connectivity index (χ2v) is 7.44. The summed E-state index contributed by atoms with van der Waals surface area (Å²) < 4.78 is 11.7. The normalized spacial score (nSPS) is 10.6. The van der Waals surface area contributed by atoms with Crippen molar-refractivity contribution in [3.05, 3.63) is 52.5 Å². The van der Waals surface area contributed by atoms with E-state index >= 15 is 0 Å². The van der Waals surface area contributed by atoms with Gasteiger partial charge in [-0.3, -0.25) is 9.59 Å². The lowest BCUT2D eigenvalue weighted by atomic mass is 9.98. The summed E-state index contributed by atoms with van der Waals surface area (Å²) in [6.45, 7) is 4.08. The molecule has 0 fully saturated rings. The molecule has 150 valence electrons. The van der Waals surface area contributed by atoms with E-state index in [1.807, 2.05) is 26.0 Å². The monoisotopic (exact) mass is 447 g/mol. The van der Waals surface area contributed by atoms with E-state index in [0.717, 1.165) is 30.2 Å². The third-order valence-corrected chi connectivity index (χ3v) is 4.83. The first-order valence-corrected chi connectivity index (χ1v) is 10.2. The molecule has 0 saturated heterocycles. The Bertz CT molecular complexity index is 816. The first-order valence-electron chi connectivity index (χ1n) is 9.45. The van der Waals surface area contributed by atoms with Crippen LogP contribution in [0.15, 0.2) is 46.9 Å². The van der Waals surface area contributed by atoms with Crippen LogP contribution in [0.25, 0.3) is 0 Å². The highest BCUT2D eigenvalue weighted by Crippen LogP contribution is 2.28. The molecular formula is C22H26BrNO4. The van der Waals surface area contributed by atoms with Gasteiger partial charge in [0.15, 0.2) is 0 Å². The number of halogens is 1. The van der Waals surface area contributed by atoms with Gasteiger partial charge < -0.3 is 14.8 Å². The molecule has 2 aromatic carbocycles. The molecule has 0 spiro atoms. The van der Waals surface area contributed by atoms with Gasteiger partial charge in [-0.1, -0.05) is 48.7 Å². The third kappa shape index (κ3) is 6.09. The first kappa shape index (κ1) is 22.0. The number of anilines is 1. The van der Waals surface area contributed by atoms with E-state index in [1.165, 1.54) is 7.11 Å². The Morgan fingerprint density at radius 2 is 1.79 bits per heavy atom. The molecule has 28 heavy (non-hydrogen) atoms. The Morgan fingerprint density at radius 1 is 1.07 bits per heavy atom. The lowest BCUT2D eigenvalue weighted by Crippen LogP contribution is -2.22. The number of nitrogens with one attached hydrogen (secondary N) is 1. The molecule has 0 heterocycles. The highest BCUT2D eigenvalue weighted by atomic mass is 79.9. The lowest BCUT2D eigenvalue weighted by Gasteiger charge is -2.17. The van der Waals surface area contributed by atoms with E-state index in [1.54, 1.807) is 30.3 Å². The van der Waals surface area contributed by atoms with E-state index in [4.69, 9.17) is 9.47 Å². The van der Waals surface area contributed by atoms with E-state index < -0.39 is 0 Å². The van der Waals surface area contributed by atoms with Crippen molar-refractivity contribution in [1.82, 2.24) is 0 Å². The molecule has 0 aromatic heterocycles. The van der Waals surface area contributed by atoms with Crippen molar-refractivity contribution in [3.63, 3.8) is 0 Å². The number of ether oxygens (including phenoxy) is 2. The summed E-state index contributed by atoms with van der Waals surface area (Å²) in [6, 6.07) is 12.1. The number of methoxy groups -OCH3 is 1. The number of amides is 1. The number of carbonyl (C=O) groups is 2. The van der Waals surface area contributed by atoms with Crippen molar-refractivity contribution in [2.45, 2.75) is 39.5 Å². The maximum absolute atomic E-state index is 12.8. The highest BCUT2D eigenvalue weighted by Gasteiger charge is 2.22. The molecule has 2 rings (SSSR count). The van der Waals surface area contributed by atoms with Crippen LogP contribution < -0.4 is 14.8 Å². The van der Waals surface area contributed by atoms with Gasteiger partial charge in [0, 0.05) is 16.2 Å². The molecule has 5 nitrogen and oxygen atoms in total. The highest BCUT2D eigenvalue weighted by molar-refractivity contribution is 9.10. The maximum atomic E-state index is 12.8. The molecule has 2 aromatic rings. The summed E-state index contributed by atoms with van der Waals surface area (Å²) >= 11 is 3.38. The van der Waals surface area contributed by atoms with Gasteiger partial charge in [0.05, 0.1) is 18.6 Å². The summed E-state index contributed by atoms with van der Waals surface area (Å²) in [7, 11) is 1.53. The molecule has 0 saturated carbocycles. The Hall–Kier alpha value is -2.34. The molecule has 0 aliphatic rings. The Labute approximate surface area is 174 Å². The molecule has 6 heteroatoms. The SMILES string of the molecule is CCCC(CCC)C(=O)Oc1cc(OC)ccc1C(=O)Nc1cccc(Br)c1. The average Bonchev–Trinajstić information content (AvgIpc) is 2.67. The molecule has 1 amide bonds.